The van der Waals surface area contributed by atoms with Gasteiger partial charge in [0.05, 0.1) is 18.7 Å². The second-order valence-electron chi connectivity index (χ2n) is 7.06. The first-order valence-corrected chi connectivity index (χ1v) is 9.17. The Morgan fingerprint density at radius 1 is 1.32 bits per heavy atom. The van der Waals surface area contributed by atoms with Crippen LogP contribution in [0.1, 0.15) is 56.3 Å². The van der Waals surface area contributed by atoms with E-state index >= 15 is 0 Å². The molecular formula is C20H29N3O2. The molecule has 1 aliphatic carbocycles. The number of carbonyl (C=O) groups excluding carboxylic acids is 1. The van der Waals surface area contributed by atoms with Crippen LogP contribution < -0.4 is 5.32 Å². The van der Waals surface area contributed by atoms with Gasteiger partial charge in [-0.2, -0.15) is 5.26 Å². The zero-order valence-electron chi connectivity index (χ0n) is 15.3. The van der Waals surface area contributed by atoms with Crippen LogP contribution in [0, 0.1) is 18.3 Å². The van der Waals surface area contributed by atoms with Gasteiger partial charge in [0.1, 0.15) is 5.54 Å². The molecule has 2 N–H and O–H groups in total. The van der Waals surface area contributed by atoms with E-state index in [-0.39, 0.29) is 12.5 Å². The summed E-state index contributed by atoms with van der Waals surface area (Å²) in [6, 6.07) is 10.1. The average Bonchev–Trinajstić information content (AvgIpc) is 2.62. The molecule has 0 heterocycles. The van der Waals surface area contributed by atoms with Crippen LogP contribution in [0.25, 0.3) is 0 Å². The zero-order valence-corrected chi connectivity index (χ0v) is 15.3. The molecule has 1 aromatic rings. The molecule has 1 atom stereocenters. The van der Waals surface area contributed by atoms with Gasteiger partial charge >= 0.3 is 0 Å². The molecular weight excluding hydrogens is 314 g/mol. The molecule has 0 aliphatic heterocycles. The highest BCUT2D eigenvalue weighted by Gasteiger charge is 2.33. The number of hydrogen-bond donors (Lipinski definition) is 2. The lowest BCUT2D eigenvalue weighted by molar-refractivity contribution is -0.124. The fourth-order valence-electron chi connectivity index (χ4n) is 3.37. The van der Waals surface area contributed by atoms with Gasteiger partial charge in [-0.25, -0.2) is 0 Å². The number of aliphatic hydroxyl groups is 1. The van der Waals surface area contributed by atoms with Crippen molar-refractivity contribution in [3.63, 3.8) is 0 Å². The summed E-state index contributed by atoms with van der Waals surface area (Å²) < 4.78 is 0. The lowest BCUT2D eigenvalue weighted by Crippen LogP contribution is -2.51. The minimum absolute atomic E-state index is 0.138. The van der Waals surface area contributed by atoms with E-state index in [9.17, 15) is 15.2 Å². The van der Waals surface area contributed by atoms with Crippen LogP contribution >= 0.6 is 0 Å². The maximum absolute atomic E-state index is 12.4. The van der Waals surface area contributed by atoms with Crippen LogP contribution in [0.2, 0.25) is 0 Å². The summed E-state index contributed by atoms with van der Waals surface area (Å²) in [6.45, 7) is 5.23. The van der Waals surface area contributed by atoms with Crippen LogP contribution in [-0.2, 0) is 4.79 Å². The van der Waals surface area contributed by atoms with Crippen LogP contribution in [0.3, 0.4) is 0 Å². The predicted molar refractivity (Wildman–Crippen MR) is 97.8 cm³/mol. The highest BCUT2D eigenvalue weighted by atomic mass is 16.3. The number of nitrogens with zero attached hydrogens (tertiary/aromatic N) is 2. The summed E-state index contributed by atoms with van der Waals surface area (Å²) >= 11 is 0. The summed E-state index contributed by atoms with van der Waals surface area (Å²) in [5, 5.41) is 22.8. The number of nitrogens with one attached hydrogen (secondary N) is 1. The van der Waals surface area contributed by atoms with Crippen LogP contribution in [0.15, 0.2) is 24.3 Å². The molecule has 1 amide bonds. The molecule has 2 rings (SSSR count). The Kier molecular flexibility index (Phi) is 6.98. The Labute approximate surface area is 150 Å². The number of aliphatic hydroxyl groups excluding tert-OH is 1. The largest absolute Gasteiger partial charge is 0.387 e. The molecule has 0 saturated heterocycles. The van der Waals surface area contributed by atoms with Crippen molar-refractivity contribution >= 4 is 5.91 Å². The van der Waals surface area contributed by atoms with E-state index in [1.165, 1.54) is 0 Å². The minimum Gasteiger partial charge on any atom is -0.387 e. The predicted octanol–water partition coefficient (Wildman–Crippen LogP) is 2.69. The molecule has 0 bridgehead atoms. The number of carbonyl (C=O) groups is 1. The molecule has 0 spiro atoms. The molecule has 136 valence electrons. The number of benzene rings is 1. The van der Waals surface area contributed by atoms with Crippen molar-refractivity contribution in [3.8, 4) is 6.07 Å². The van der Waals surface area contributed by atoms with Crippen molar-refractivity contribution in [1.82, 2.24) is 10.2 Å². The van der Waals surface area contributed by atoms with Crippen molar-refractivity contribution in [2.45, 2.75) is 57.6 Å². The molecule has 5 nitrogen and oxygen atoms in total. The topological polar surface area (TPSA) is 76.4 Å². The number of amides is 1. The fourth-order valence-corrected chi connectivity index (χ4v) is 3.37. The summed E-state index contributed by atoms with van der Waals surface area (Å²) in [6.07, 6.45) is 3.92. The van der Waals surface area contributed by atoms with E-state index in [1.807, 2.05) is 43.0 Å². The fraction of sp³-hybridized carbons (Fsp3) is 0.600. The smallest absolute Gasteiger partial charge is 0.235 e. The first-order valence-electron chi connectivity index (χ1n) is 9.17. The number of rotatable bonds is 7. The van der Waals surface area contributed by atoms with E-state index in [4.69, 9.17) is 0 Å². The van der Waals surface area contributed by atoms with Crippen molar-refractivity contribution in [1.29, 1.82) is 5.26 Å². The molecule has 1 fully saturated rings. The van der Waals surface area contributed by atoms with Crippen LogP contribution in [0.5, 0.6) is 0 Å². The first-order chi connectivity index (χ1) is 12.0. The highest BCUT2D eigenvalue weighted by Crippen LogP contribution is 2.27. The first kappa shape index (κ1) is 19.4. The minimum atomic E-state index is -0.704. The summed E-state index contributed by atoms with van der Waals surface area (Å²) in [7, 11) is 0. The Morgan fingerprint density at radius 3 is 2.52 bits per heavy atom. The number of hydrogen-bond acceptors (Lipinski definition) is 4. The van der Waals surface area contributed by atoms with Gasteiger partial charge in [-0.05, 0) is 31.9 Å². The van der Waals surface area contributed by atoms with E-state index in [0.29, 0.717) is 13.1 Å². The molecule has 1 aromatic carbocycles. The second kappa shape index (κ2) is 8.98. The molecule has 1 unspecified atom stereocenters. The van der Waals surface area contributed by atoms with E-state index in [0.717, 1.165) is 43.2 Å². The maximum Gasteiger partial charge on any atom is 0.235 e. The average molecular weight is 343 g/mol. The quantitative estimate of drug-likeness (QED) is 0.798. The number of likely N-dealkylation sites (N-methyl/N-ethyl adjacent to an activating group) is 1. The van der Waals surface area contributed by atoms with Crippen LogP contribution in [0.4, 0.5) is 0 Å². The van der Waals surface area contributed by atoms with Gasteiger partial charge in [-0.1, -0.05) is 56.0 Å². The Balaban J connectivity index is 1.91. The summed E-state index contributed by atoms with van der Waals surface area (Å²) in [4.78, 5) is 14.3. The van der Waals surface area contributed by atoms with Gasteiger partial charge in [0.25, 0.3) is 0 Å². The van der Waals surface area contributed by atoms with Gasteiger partial charge in [0.2, 0.25) is 5.91 Å². The number of nitriles is 1. The normalized spacial score (nSPS) is 17.7. The van der Waals surface area contributed by atoms with Gasteiger partial charge in [0, 0.05) is 6.54 Å². The van der Waals surface area contributed by atoms with Crippen LogP contribution in [-0.4, -0.2) is 41.1 Å². The monoisotopic (exact) mass is 343 g/mol. The lowest BCUT2D eigenvalue weighted by Gasteiger charge is -2.32. The molecule has 5 heteroatoms. The SMILES string of the molecule is CCN(CC(=O)NC1(C#N)CCCCC1)CC(O)c1ccc(C)cc1. The lowest BCUT2D eigenvalue weighted by atomic mass is 9.83. The van der Waals surface area contributed by atoms with Crippen molar-refractivity contribution in [2.75, 3.05) is 19.6 Å². The third kappa shape index (κ3) is 5.55. The molecule has 25 heavy (non-hydrogen) atoms. The molecule has 1 saturated carbocycles. The Morgan fingerprint density at radius 2 is 1.96 bits per heavy atom. The highest BCUT2D eigenvalue weighted by molar-refractivity contribution is 5.79. The summed E-state index contributed by atoms with van der Waals surface area (Å²) in [5.74, 6) is -0.138. The van der Waals surface area contributed by atoms with Gasteiger partial charge in [-0.15, -0.1) is 0 Å². The van der Waals surface area contributed by atoms with Gasteiger partial charge < -0.3 is 10.4 Å². The molecule has 1 aliphatic rings. The Bertz CT molecular complexity index is 600. The molecule has 0 aromatic heterocycles. The van der Waals surface area contributed by atoms with Crippen molar-refractivity contribution < 1.29 is 9.90 Å². The van der Waals surface area contributed by atoms with Gasteiger partial charge in [-0.3, -0.25) is 9.69 Å². The summed E-state index contributed by atoms with van der Waals surface area (Å²) in [5.41, 5.74) is 1.30. The van der Waals surface area contributed by atoms with Crippen molar-refractivity contribution in [3.05, 3.63) is 35.4 Å². The standard InChI is InChI=1S/C20H29N3O2/c1-3-23(13-18(24)17-9-7-16(2)8-10-17)14-19(25)22-20(15-21)11-5-4-6-12-20/h7-10,18,24H,3-6,11-14H2,1-2H3,(H,22,25). The third-order valence-corrected chi connectivity index (χ3v) is 5.01. The third-order valence-electron chi connectivity index (χ3n) is 5.01. The number of aryl methyl sites for hydroxylation is 1. The van der Waals surface area contributed by atoms with E-state index in [2.05, 4.69) is 11.4 Å². The van der Waals surface area contributed by atoms with Crippen molar-refractivity contribution in [2.24, 2.45) is 0 Å². The molecule has 0 radical (unpaired) electrons. The Hall–Kier alpha value is -1.90. The van der Waals surface area contributed by atoms with Gasteiger partial charge in [0.15, 0.2) is 0 Å². The van der Waals surface area contributed by atoms with E-state index in [1.54, 1.807) is 0 Å². The zero-order chi connectivity index (χ0) is 18.3. The maximum atomic E-state index is 12.4. The van der Waals surface area contributed by atoms with E-state index < -0.39 is 11.6 Å². The second-order valence-corrected chi connectivity index (χ2v) is 7.06.